The summed E-state index contributed by atoms with van der Waals surface area (Å²) in [6.45, 7) is 6.78. The zero-order valence-corrected chi connectivity index (χ0v) is 13.6. The molecule has 0 saturated carbocycles. The molecule has 1 aliphatic heterocycles. The molecule has 1 aromatic rings. The van der Waals surface area contributed by atoms with Crippen molar-refractivity contribution in [2.24, 2.45) is 5.92 Å². The fourth-order valence-electron chi connectivity index (χ4n) is 3.08. The smallest absolute Gasteiger partial charge is 0.409 e. The van der Waals surface area contributed by atoms with E-state index in [2.05, 4.69) is 21.8 Å². The highest BCUT2D eigenvalue weighted by Gasteiger charge is 2.27. The minimum atomic E-state index is -0.266. The van der Waals surface area contributed by atoms with Gasteiger partial charge >= 0.3 is 6.09 Å². The molecule has 1 atom stereocenters. The Morgan fingerprint density at radius 1 is 1.30 bits per heavy atom. The van der Waals surface area contributed by atoms with E-state index < -0.39 is 0 Å². The van der Waals surface area contributed by atoms with Crippen LogP contribution in [-0.2, 0) is 11.2 Å². The SMILES string of the molecule is CCOC(=O)N1CCN(c2ncc3c(n2)C[C@@H](C)CC3=O)CC1. The summed E-state index contributed by atoms with van der Waals surface area (Å²) in [4.78, 5) is 36.4. The number of Topliss-reactive ketones (excluding diaryl/α,β-unsaturated/α-hetero) is 1. The first-order valence-electron chi connectivity index (χ1n) is 8.14. The molecule has 1 fully saturated rings. The van der Waals surface area contributed by atoms with E-state index in [9.17, 15) is 9.59 Å². The van der Waals surface area contributed by atoms with Crippen molar-refractivity contribution >= 4 is 17.8 Å². The molecule has 1 aromatic heterocycles. The molecule has 0 aromatic carbocycles. The molecule has 23 heavy (non-hydrogen) atoms. The monoisotopic (exact) mass is 318 g/mol. The zero-order valence-electron chi connectivity index (χ0n) is 13.6. The topological polar surface area (TPSA) is 75.6 Å². The number of fused-ring (bicyclic) bond motifs is 1. The van der Waals surface area contributed by atoms with Gasteiger partial charge in [-0.1, -0.05) is 6.92 Å². The Labute approximate surface area is 135 Å². The number of hydrogen-bond acceptors (Lipinski definition) is 6. The van der Waals surface area contributed by atoms with E-state index in [0.717, 1.165) is 12.1 Å². The van der Waals surface area contributed by atoms with Crippen LogP contribution in [0.25, 0.3) is 0 Å². The number of anilines is 1. The van der Waals surface area contributed by atoms with Gasteiger partial charge in [0.15, 0.2) is 5.78 Å². The second kappa shape index (κ2) is 6.52. The molecule has 0 N–H and O–H groups in total. The highest BCUT2D eigenvalue weighted by molar-refractivity contribution is 5.98. The first-order valence-corrected chi connectivity index (χ1v) is 8.14. The van der Waals surface area contributed by atoms with E-state index >= 15 is 0 Å². The van der Waals surface area contributed by atoms with Crippen molar-refractivity contribution in [1.82, 2.24) is 14.9 Å². The molecule has 0 unspecified atom stereocenters. The number of aromatic nitrogens is 2. The molecule has 124 valence electrons. The number of ketones is 1. The van der Waals surface area contributed by atoms with Crippen molar-refractivity contribution in [1.29, 1.82) is 0 Å². The van der Waals surface area contributed by atoms with Crippen molar-refractivity contribution in [2.45, 2.75) is 26.7 Å². The lowest BCUT2D eigenvalue weighted by molar-refractivity contribution is 0.0950. The standard InChI is InChI=1S/C16H22N4O3/c1-3-23-16(22)20-6-4-19(5-7-20)15-17-10-12-13(18-15)8-11(2)9-14(12)21/h10-11H,3-9H2,1-2H3/t11-/m1/s1. The Hall–Kier alpha value is -2.18. The van der Waals surface area contributed by atoms with Crippen LogP contribution in [0, 0.1) is 5.92 Å². The largest absolute Gasteiger partial charge is 0.450 e. The van der Waals surface area contributed by atoms with Crippen molar-refractivity contribution in [3.05, 3.63) is 17.5 Å². The van der Waals surface area contributed by atoms with Gasteiger partial charge in [0.25, 0.3) is 0 Å². The first-order chi connectivity index (χ1) is 11.1. The highest BCUT2D eigenvalue weighted by Crippen LogP contribution is 2.25. The van der Waals surface area contributed by atoms with E-state index in [4.69, 9.17) is 4.74 Å². The van der Waals surface area contributed by atoms with E-state index in [0.29, 0.717) is 56.6 Å². The van der Waals surface area contributed by atoms with E-state index in [-0.39, 0.29) is 11.9 Å². The van der Waals surface area contributed by atoms with Gasteiger partial charge in [-0.2, -0.15) is 0 Å². The number of rotatable bonds is 2. The predicted octanol–water partition coefficient (Wildman–Crippen LogP) is 1.52. The maximum atomic E-state index is 12.0. The Morgan fingerprint density at radius 3 is 2.74 bits per heavy atom. The molecule has 1 aliphatic carbocycles. The van der Waals surface area contributed by atoms with Crippen molar-refractivity contribution < 1.29 is 14.3 Å². The van der Waals surface area contributed by atoms with Gasteiger partial charge in [-0.3, -0.25) is 4.79 Å². The first kappa shape index (κ1) is 15.7. The average molecular weight is 318 g/mol. The summed E-state index contributed by atoms with van der Waals surface area (Å²) in [6.07, 6.45) is 2.79. The van der Waals surface area contributed by atoms with Crippen LogP contribution in [0.4, 0.5) is 10.7 Å². The number of piperazine rings is 1. The maximum absolute atomic E-state index is 12.0. The summed E-state index contributed by atoms with van der Waals surface area (Å²) >= 11 is 0. The van der Waals surface area contributed by atoms with Gasteiger partial charge in [-0.05, 0) is 19.3 Å². The normalized spacial score (nSPS) is 21.1. The van der Waals surface area contributed by atoms with Crippen LogP contribution in [0.3, 0.4) is 0 Å². The van der Waals surface area contributed by atoms with Gasteiger partial charge in [-0.25, -0.2) is 14.8 Å². The third-order valence-corrected chi connectivity index (χ3v) is 4.32. The Balaban J connectivity index is 1.68. The molecule has 3 rings (SSSR count). The van der Waals surface area contributed by atoms with Gasteiger partial charge in [0.2, 0.25) is 5.95 Å². The number of carbonyl (C=O) groups excluding carboxylic acids is 2. The summed E-state index contributed by atoms with van der Waals surface area (Å²) in [6, 6.07) is 0. The Bertz CT molecular complexity index is 611. The minimum Gasteiger partial charge on any atom is -0.450 e. The van der Waals surface area contributed by atoms with Gasteiger partial charge in [0.1, 0.15) is 0 Å². The number of ether oxygens (including phenoxy) is 1. The minimum absolute atomic E-state index is 0.137. The molecule has 0 radical (unpaired) electrons. The van der Waals surface area contributed by atoms with Crippen LogP contribution >= 0.6 is 0 Å². The molecule has 2 heterocycles. The van der Waals surface area contributed by atoms with E-state index in [1.807, 2.05) is 0 Å². The van der Waals surface area contributed by atoms with Crippen LogP contribution in [0.2, 0.25) is 0 Å². The third-order valence-electron chi connectivity index (χ3n) is 4.32. The fraction of sp³-hybridized carbons (Fsp3) is 0.625. The van der Waals surface area contributed by atoms with Crippen LogP contribution in [-0.4, -0.2) is 59.5 Å². The van der Waals surface area contributed by atoms with Crippen LogP contribution in [0.15, 0.2) is 6.20 Å². The molecule has 7 heteroatoms. The summed E-state index contributed by atoms with van der Waals surface area (Å²) in [5.74, 6) is 1.12. The quantitative estimate of drug-likeness (QED) is 0.823. The second-order valence-electron chi connectivity index (χ2n) is 6.14. The van der Waals surface area contributed by atoms with Crippen molar-refractivity contribution in [3.63, 3.8) is 0 Å². The van der Waals surface area contributed by atoms with Gasteiger partial charge in [-0.15, -0.1) is 0 Å². The fourth-order valence-corrected chi connectivity index (χ4v) is 3.08. The van der Waals surface area contributed by atoms with E-state index in [1.165, 1.54) is 0 Å². The molecule has 0 bridgehead atoms. The van der Waals surface area contributed by atoms with Crippen LogP contribution in [0.1, 0.15) is 36.3 Å². The van der Waals surface area contributed by atoms with Crippen LogP contribution < -0.4 is 4.90 Å². The Kier molecular flexibility index (Phi) is 4.45. The average Bonchev–Trinajstić information content (AvgIpc) is 2.54. The molecular weight excluding hydrogens is 296 g/mol. The molecule has 1 amide bonds. The molecule has 1 saturated heterocycles. The van der Waals surface area contributed by atoms with Gasteiger partial charge in [0.05, 0.1) is 17.9 Å². The number of hydrogen-bond donors (Lipinski definition) is 0. The van der Waals surface area contributed by atoms with Crippen LogP contribution in [0.5, 0.6) is 0 Å². The van der Waals surface area contributed by atoms with Crippen molar-refractivity contribution in [2.75, 3.05) is 37.7 Å². The van der Waals surface area contributed by atoms with Gasteiger partial charge in [0, 0.05) is 38.8 Å². The predicted molar refractivity (Wildman–Crippen MR) is 84.7 cm³/mol. The summed E-state index contributed by atoms with van der Waals surface area (Å²) in [7, 11) is 0. The second-order valence-corrected chi connectivity index (χ2v) is 6.14. The zero-order chi connectivity index (χ0) is 16.4. The number of nitrogens with zero attached hydrogens (tertiary/aromatic N) is 4. The lowest BCUT2D eigenvalue weighted by atomic mass is 9.88. The summed E-state index contributed by atoms with van der Waals surface area (Å²) < 4.78 is 5.02. The highest BCUT2D eigenvalue weighted by atomic mass is 16.6. The lowest BCUT2D eigenvalue weighted by Crippen LogP contribution is -2.49. The molecular formula is C16H22N4O3. The number of amides is 1. The van der Waals surface area contributed by atoms with Crippen molar-refractivity contribution in [3.8, 4) is 0 Å². The van der Waals surface area contributed by atoms with Gasteiger partial charge < -0.3 is 14.5 Å². The summed E-state index contributed by atoms with van der Waals surface area (Å²) in [5, 5.41) is 0. The third kappa shape index (κ3) is 3.28. The molecule has 2 aliphatic rings. The van der Waals surface area contributed by atoms with E-state index in [1.54, 1.807) is 18.0 Å². The summed E-state index contributed by atoms with van der Waals surface area (Å²) in [5.41, 5.74) is 1.52. The maximum Gasteiger partial charge on any atom is 0.409 e. The molecule has 0 spiro atoms. The lowest BCUT2D eigenvalue weighted by Gasteiger charge is -2.34. The number of carbonyl (C=O) groups is 2. The Morgan fingerprint density at radius 2 is 2.04 bits per heavy atom. The molecule has 7 nitrogen and oxygen atoms in total.